The molecule has 0 aliphatic rings. The van der Waals surface area contributed by atoms with Gasteiger partial charge in [0.15, 0.2) is 10.0 Å². The van der Waals surface area contributed by atoms with Crippen molar-refractivity contribution < 1.29 is 14.7 Å². The molecular formula is C8H9NO3S2. The highest BCUT2D eigenvalue weighted by Gasteiger charge is 2.08. The zero-order valence-electron chi connectivity index (χ0n) is 7.52. The number of nitrogens with zero attached hydrogens (tertiary/aromatic N) is 1. The van der Waals surface area contributed by atoms with Crippen LogP contribution in [0, 0.1) is 0 Å². The van der Waals surface area contributed by atoms with Gasteiger partial charge in [0.2, 0.25) is 0 Å². The molecular weight excluding hydrogens is 222 g/mol. The zero-order valence-corrected chi connectivity index (χ0v) is 9.15. The van der Waals surface area contributed by atoms with Crippen molar-refractivity contribution >= 4 is 34.9 Å². The lowest BCUT2D eigenvalue weighted by molar-refractivity contribution is -0.116. The molecule has 0 atom stereocenters. The van der Waals surface area contributed by atoms with E-state index in [1.165, 1.54) is 35.4 Å². The van der Waals surface area contributed by atoms with Gasteiger partial charge in [-0.1, -0.05) is 11.8 Å². The molecule has 0 unspecified atom stereocenters. The number of ketones is 1. The highest BCUT2D eigenvalue weighted by Crippen LogP contribution is 2.23. The first-order valence-electron chi connectivity index (χ1n) is 3.90. The summed E-state index contributed by atoms with van der Waals surface area (Å²) in [7, 11) is 0. The number of carboxylic acid groups (broad SMARTS) is 1. The fourth-order valence-corrected chi connectivity index (χ4v) is 2.61. The number of carboxylic acids is 1. The van der Waals surface area contributed by atoms with Crippen molar-refractivity contribution in [3.8, 4) is 0 Å². The number of carbonyl (C=O) groups is 2. The molecule has 0 radical (unpaired) electrons. The summed E-state index contributed by atoms with van der Waals surface area (Å²) in [6.07, 6.45) is 0.493. The third-order valence-corrected chi connectivity index (χ3v) is 3.40. The number of Topliss-reactive ketones (excluding diaryl/α,β-unsaturated/α-hetero) is 1. The van der Waals surface area contributed by atoms with E-state index < -0.39 is 5.97 Å². The molecule has 0 spiro atoms. The van der Waals surface area contributed by atoms with E-state index in [4.69, 9.17) is 5.11 Å². The Morgan fingerprint density at radius 3 is 2.86 bits per heavy atom. The number of thioether (sulfide) groups is 1. The Kier molecular flexibility index (Phi) is 4.09. The lowest BCUT2D eigenvalue weighted by atomic mass is 10.4. The maximum atomic E-state index is 10.6. The van der Waals surface area contributed by atoms with Crippen LogP contribution < -0.4 is 0 Å². The molecule has 0 saturated carbocycles. The van der Waals surface area contributed by atoms with Gasteiger partial charge >= 0.3 is 5.97 Å². The van der Waals surface area contributed by atoms with E-state index in [0.717, 1.165) is 0 Å². The molecule has 0 bridgehead atoms. The first-order chi connectivity index (χ1) is 6.59. The van der Waals surface area contributed by atoms with Crippen LogP contribution in [0.3, 0.4) is 0 Å². The van der Waals surface area contributed by atoms with Crippen molar-refractivity contribution in [3.05, 3.63) is 11.1 Å². The van der Waals surface area contributed by atoms with Gasteiger partial charge in [0.25, 0.3) is 0 Å². The number of rotatable bonds is 5. The maximum absolute atomic E-state index is 10.6. The molecule has 14 heavy (non-hydrogen) atoms. The van der Waals surface area contributed by atoms with E-state index in [1.807, 2.05) is 0 Å². The van der Waals surface area contributed by atoms with Crippen LogP contribution in [0.2, 0.25) is 0 Å². The van der Waals surface area contributed by atoms with Crippen LogP contribution in [0.25, 0.3) is 0 Å². The summed E-state index contributed by atoms with van der Waals surface area (Å²) in [6.45, 7) is 1.53. The molecule has 1 heterocycles. The Morgan fingerprint density at radius 1 is 1.64 bits per heavy atom. The van der Waals surface area contributed by atoms with Gasteiger partial charge in [0.05, 0.1) is 0 Å². The number of thiazole rings is 1. The minimum absolute atomic E-state index is 0.0697. The van der Waals surface area contributed by atoms with Crippen molar-refractivity contribution in [1.82, 2.24) is 4.98 Å². The molecule has 0 fully saturated rings. The van der Waals surface area contributed by atoms with E-state index in [1.54, 1.807) is 0 Å². The van der Waals surface area contributed by atoms with Crippen LogP contribution in [0.1, 0.15) is 23.8 Å². The van der Waals surface area contributed by atoms with Gasteiger partial charge in [-0.15, -0.1) is 11.3 Å². The van der Waals surface area contributed by atoms with Gasteiger partial charge in [-0.2, -0.15) is 0 Å². The molecule has 1 aromatic rings. The number of carbonyl (C=O) groups excluding carboxylic acids is 1. The van der Waals surface area contributed by atoms with Crippen molar-refractivity contribution in [2.75, 3.05) is 5.75 Å². The first-order valence-corrected chi connectivity index (χ1v) is 5.77. The maximum Gasteiger partial charge on any atom is 0.355 e. The second-order valence-corrected chi connectivity index (χ2v) is 4.80. The smallest absolute Gasteiger partial charge is 0.355 e. The second kappa shape index (κ2) is 5.11. The molecule has 1 rings (SSSR count). The molecule has 1 aromatic heterocycles. The molecule has 0 amide bonds. The standard InChI is InChI=1S/C8H9NO3S2/c1-5(10)2-3-13-8-9-6(4-14-8)7(11)12/h4H,2-3H2,1H3,(H,11,12). The molecule has 0 aliphatic carbocycles. The highest BCUT2D eigenvalue weighted by molar-refractivity contribution is 8.01. The Bertz CT molecular complexity index is 348. The Morgan fingerprint density at radius 2 is 2.36 bits per heavy atom. The zero-order chi connectivity index (χ0) is 10.6. The van der Waals surface area contributed by atoms with Crippen LogP contribution in [-0.4, -0.2) is 27.6 Å². The Balaban J connectivity index is 2.44. The number of aromatic carboxylic acids is 1. The highest BCUT2D eigenvalue weighted by atomic mass is 32.2. The fraction of sp³-hybridized carbons (Fsp3) is 0.375. The largest absolute Gasteiger partial charge is 0.476 e. The molecule has 6 heteroatoms. The fourth-order valence-electron chi connectivity index (χ4n) is 0.704. The lowest BCUT2D eigenvalue weighted by Crippen LogP contribution is -1.96. The molecule has 0 saturated heterocycles. The monoisotopic (exact) mass is 231 g/mol. The first kappa shape index (κ1) is 11.2. The molecule has 0 aromatic carbocycles. The van der Waals surface area contributed by atoms with Crippen LogP contribution >= 0.6 is 23.1 Å². The molecule has 76 valence electrons. The van der Waals surface area contributed by atoms with Crippen LogP contribution in [0.5, 0.6) is 0 Å². The average Bonchev–Trinajstić information content (AvgIpc) is 2.52. The van der Waals surface area contributed by atoms with Crippen molar-refractivity contribution in [2.24, 2.45) is 0 Å². The minimum Gasteiger partial charge on any atom is -0.476 e. The third kappa shape index (κ3) is 3.47. The van der Waals surface area contributed by atoms with E-state index in [9.17, 15) is 9.59 Å². The van der Waals surface area contributed by atoms with Gasteiger partial charge < -0.3 is 5.11 Å². The third-order valence-electron chi connectivity index (χ3n) is 1.38. The summed E-state index contributed by atoms with van der Waals surface area (Å²) in [4.78, 5) is 25.0. The molecule has 4 nitrogen and oxygen atoms in total. The normalized spacial score (nSPS) is 10.1. The van der Waals surface area contributed by atoms with E-state index in [0.29, 0.717) is 16.5 Å². The second-order valence-electron chi connectivity index (χ2n) is 2.60. The topological polar surface area (TPSA) is 67.3 Å². The number of hydrogen-bond acceptors (Lipinski definition) is 5. The van der Waals surface area contributed by atoms with Gasteiger partial charge in [-0.05, 0) is 6.92 Å². The van der Waals surface area contributed by atoms with E-state index in [-0.39, 0.29) is 11.5 Å². The Hall–Kier alpha value is -0.880. The Labute approximate surface area is 89.4 Å². The molecule has 1 N–H and O–H groups in total. The predicted molar refractivity (Wildman–Crippen MR) is 55.1 cm³/mol. The van der Waals surface area contributed by atoms with Crippen LogP contribution in [0.4, 0.5) is 0 Å². The van der Waals surface area contributed by atoms with E-state index in [2.05, 4.69) is 4.98 Å². The quantitative estimate of drug-likeness (QED) is 0.784. The number of aromatic nitrogens is 1. The van der Waals surface area contributed by atoms with Gasteiger partial charge in [-0.3, -0.25) is 4.79 Å². The summed E-state index contributed by atoms with van der Waals surface area (Å²) >= 11 is 2.70. The summed E-state index contributed by atoms with van der Waals surface area (Å²) < 4.78 is 0.698. The summed E-state index contributed by atoms with van der Waals surface area (Å²) in [6, 6.07) is 0. The van der Waals surface area contributed by atoms with Gasteiger partial charge in [0, 0.05) is 17.6 Å². The lowest BCUT2D eigenvalue weighted by Gasteiger charge is -1.92. The van der Waals surface area contributed by atoms with Crippen molar-refractivity contribution in [3.63, 3.8) is 0 Å². The van der Waals surface area contributed by atoms with Crippen molar-refractivity contribution in [1.29, 1.82) is 0 Å². The summed E-state index contributed by atoms with van der Waals surface area (Å²) in [5.41, 5.74) is 0.0697. The SMILES string of the molecule is CC(=O)CCSc1nc(C(=O)O)cs1. The average molecular weight is 231 g/mol. The van der Waals surface area contributed by atoms with Gasteiger partial charge in [-0.25, -0.2) is 9.78 Å². The van der Waals surface area contributed by atoms with Gasteiger partial charge in [0.1, 0.15) is 5.78 Å². The number of hydrogen-bond donors (Lipinski definition) is 1. The van der Waals surface area contributed by atoms with Crippen LogP contribution in [0.15, 0.2) is 9.72 Å². The van der Waals surface area contributed by atoms with Crippen molar-refractivity contribution in [2.45, 2.75) is 17.7 Å². The summed E-state index contributed by atoms with van der Waals surface area (Å²) in [5, 5.41) is 10.1. The molecule has 0 aliphatic heterocycles. The summed E-state index contributed by atoms with van der Waals surface area (Å²) in [5.74, 6) is -0.228. The predicted octanol–water partition coefficient (Wildman–Crippen LogP) is 1.91. The minimum atomic E-state index is -1.01. The van der Waals surface area contributed by atoms with E-state index >= 15 is 0 Å². The van der Waals surface area contributed by atoms with Crippen LogP contribution in [-0.2, 0) is 4.79 Å².